The highest BCUT2D eigenvalue weighted by Crippen LogP contribution is 2.24. The number of rotatable bonds is 6. The van der Waals surface area contributed by atoms with Gasteiger partial charge in [-0.25, -0.2) is 0 Å². The van der Waals surface area contributed by atoms with Crippen molar-refractivity contribution in [2.75, 3.05) is 13.2 Å². The fraction of sp³-hybridized carbons (Fsp3) is 0.150. The van der Waals surface area contributed by atoms with E-state index in [1.165, 1.54) is 0 Å². The Morgan fingerprint density at radius 2 is 1.42 bits per heavy atom. The van der Waals surface area contributed by atoms with Crippen molar-refractivity contribution in [3.05, 3.63) is 82.7 Å². The zero-order valence-electron chi connectivity index (χ0n) is 14.0. The molecular weight excluding hydrogens is 332 g/mol. The van der Waals surface area contributed by atoms with E-state index in [1.807, 2.05) is 0 Å². The highest BCUT2D eigenvalue weighted by atomic mass is 16.3. The van der Waals surface area contributed by atoms with Gasteiger partial charge >= 0.3 is 0 Å². The maximum atomic E-state index is 12.9. The van der Waals surface area contributed by atoms with Crippen LogP contribution in [0.5, 0.6) is 0 Å². The molecule has 1 aliphatic carbocycles. The largest absolute Gasteiger partial charge is 0.396 e. The number of allylic oxidation sites excluding steroid dienone is 2. The summed E-state index contributed by atoms with van der Waals surface area (Å²) in [6.45, 7) is 0.252. The molecule has 0 heterocycles. The van der Waals surface area contributed by atoms with Gasteiger partial charge in [0, 0.05) is 29.8 Å². The Labute approximate surface area is 150 Å². The van der Waals surface area contributed by atoms with Crippen LogP contribution in [0.4, 0.5) is 0 Å². The predicted octanol–water partition coefficient (Wildman–Crippen LogP) is 1.68. The zero-order chi connectivity index (χ0) is 18.5. The van der Waals surface area contributed by atoms with E-state index in [0.717, 1.165) is 0 Å². The minimum absolute atomic E-state index is 0.0476. The molecule has 0 fully saturated rings. The van der Waals surface area contributed by atoms with Crippen molar-refractivity contribution in [3.8, 4) is 0 Å². The van der Waals surface area contributed by atoms with E-state index in [1.54, 1.807) is 54.6 Å². The molecule has 0 saturated carbocycles. The summed E-state index contributed by atoms with van der Waals surface area (Å²) in [5, 5.41) is 14.4. The van der Waals surface area contributed by atoms with Gasteiger partial charge in [-0.05, 0) is 18.6 Å². The highest BCUT2D eigenvalue weighted by Gasteiger charge is 2.33. The van der Waals surface area contributed by atoms with Crippen LogP contribution in [0, 0.1) is 0 Å². The van der Waals surface area contributed by atoms with Crippen molar-refractivity contribution in [1.29, 1.82) is 0 Å². The fourth-order valence-corrected chi connectivity index (χ4v) is 2.73. The molecule has 1 aliphatic rings. The molecule has 0 atom stereocenters. The average Bonchev–Trinajstić information content (AvgIpc) is 2.68. The lowest BCUT2D eigenvalue weighted by molar-refractivity contribution is 0.0917. The normalized spacial score (nSPS) is 13.4. The summed E-state index contributed by atoms with van der Waals surface area (Å²) in [4.78, 5) is 38.1. The number of ketones is 2. The molecule has 0 aromatic heterocycles. The van der Waals surface area contributed by atoms with Gasteiger partial charge in [0.2, 0.25) is 11.6 Å². The van der Waals surface area contributed by atoms with Crippen molar-refractivity contribution in [2.24, 2.45) is 0 Å². The summed E-state index contributed by atoms with van der Waals surface area (Å²) in [5.41, 5.74) is 0.913. The fourth-order valence-electron chi connectivity index (χ4n) is 2.73. The second kappa shape index (κ2) is 7.76. The van der Waals surface area contributed by atoms with E-state index < -0.39 is 11.7 Å². The predicted molar refractivity (Wildman–Crippen MR) is 95.7 cm³/mol. The van der Waals surface area contributed by atoms with Crippen molar-refractivity contribution in [3.63, 3.8) is 0 Å². The number of carbonyl (C=O) groups excluding carboxylic acids is 3. The van der Waals surface area contributed by atoms with Crippen LogP contribution >= 0.6 is 0 Å². The van der Waals surface area contributed by atoms with Crippen molar-refractivity contribution >= 4 is 17.5 Å². The van der Waals surface area contributed by atoms with E-state index in [-0.39, 0.29) is 29.3 Å². The van der Waals surface area contributed by atoms with Crippen molar-refractivity contribution in [2.45, 2.75) is 6.42 Å². The van der Waals surface area contributed by atoms with E-state index >= 15 is 0 Å². The number of aliphatic hydroxyl groups is 1. The standard InChI is InChI=1S/C20H18N2O4/c23-12-6-11-21-16-17(22-20(26)13-7-2-1-3-8-13)19(25)15-10-5-4-9-14(15)18(16)24/h1-5,7-10,21,23H,6,11-12H2,(H,22,26). The van der Waals surface area contributed by atoms with Gasteiger partial charge in [0.25, 0.3) is 5.91 Å². The Kier molecular flexibility index (Phi) is 5.24. The molecule has 2 aromatic carbocycles. The number of hydrogen-bond acceptors (Lipinski definition) is 5. The van der Waals surface area contributed by atoms with Crippen LogP contribution in [0.25, 0.3) is 0 Å². The molecule has 3 rings (SSSR count). The van der Waals surface area contributed by atoms with Gasteiger partial charge in [-0.2, -0.15) is 0 Å². The molecule has 132 valence electrons. The summed E-state index contributed by atoms with van der Waals surface area (Å²) in [6.07, 6.45) is 0.409. The Hall–Kier alpha value is -3.25. The molecule has 6 heteroatoms. The van der Waals surface area contributed by atoms with E-state index in [4.69, 9.17) is 5.11 Å². The van der Waals surface area contributed by atoms with Gasteiger partial charge in [0.15, 0.2) is 0 Å². The molecular formula is C20H18N2O4. The molecule has 3 N–H and O–H groups in total. The van der Waals surface area contributed by atoms with Crippen LogP contribution in [-0.4, -0.2) is 35.7 Å². The molecule has 1 amide bonds. The first-order valence-corrected chi connectivity index (χ1v) is 8.27. The number of fused-ring (bicyclic) bond motifs is 1. The van der Waals surface area contributed by atoms with Crippen LogP contribution < -0.4 is 10.6 Å². The summed E-state index contributed by atoms with van der Waals surface area (Å²) in [7, 11) is 0. The monoisotopic (exact) mass is 350 g/mol. The van der Waals surface area contributed by atoms with Gasteiger partial charge < -0.3 is 15.7 Å². The minimum atomic E-state index is -0.470. The van der Waals surface area contributed by atoms with E-state index in [2.05, 4.69) is 10.6 Å². The van der Waals surface area contributed by atoms with Crippen LogP contribution in [0.1, 0.15) is 37.5 Å². The lowest BCUT2D eigenvalue weighted by atomic mass is 9.90. The SMILES string of the molecule is O=C(NC1=C(NCCCO)C(=O)c2ccccc2C1=O)c1ccccc1. The smallest absolute Gasteiger partial charge is 0.255 e. The Morgan fingerprint density at radius 1 is 0.846 bits per heavy atom. The maximum absolute atomic E-state index is 12.9. The van der Waals surface area contributed by atoms with Gasteiger partial charge in [0.1, 0.15) is 11.4 Å². The van der Waals surface area contributed by atoms with Gasteiger partial charge in [-0.15, -0.1) is 0 Å². The quantitative estimate of drug-likeness (QED) is 0.689. The van der Waals surface area contributed by atoms with E-state index in [9.17, 15) is 14.4 Å². The van der Waals surface area contributed by atoms with Crippen LogP contribution in [0.2, 0.25) is 0 Å². The third-order valence-electron chi connectivity index (χ3n) is 4.03. The molecule has 0 aliphatic heterocycles. The first kappa shape index (κ1) is 17.6. The number of aliphatic hydroxyl groups excluding tert-OH is 1. The second-order valence-electron chi connectivity index (χ2n) is 5.78. The Balaban J connectivity index is 1.98. The zero-order valence-corrected chi connectivity index (χ0v) is 14.0. The molecule has 26 heavy (non-hydrogen) atoms. The summed E-state index contributed by atoms with van der Waals surface area (Å²) < 4.78 is 0. The van der Waals surface area contributed by atoms with Gasteiger partial charge in [0.05, 0.1) is 0 Å². The molecule has 0 saturated heterocycles. The average molecular weight is 350 g/mol. The first-order valence-electron chi connectivity index (χ1n) is 8.27. The molecule has 6 nitrogen and oxygen atoms in total. The third kappa shape index (κ3) is 3.41. The number of benzene rings is 2. The van der Waals surface area contributed by atoms with Gasteiger partial charge in [-0.1, -0.05) is 42.5 Å². The number of Topliss-reactive ketones (excluding diaryl/α,β-unsaturated/α-hetero) is 2. The topological polar surface area (TPSA) is 95.5 Å². The number of hydrogen-bond donors (Lipinski definition) is 3. The molecule has 0 spiro atoms. The second-order valence-corrected chi connectivity index (χ2v) is 5.78. The molecule has 0 unspecified atom stereocenters. The lowest BCUT2D eigenvalue weighted by Gasteiger charge is -2.22. The third-order valence-corrected chi connectivity index (χ3v) is 4.03. The van der Waals surface area contributed by atoms with E-state index in [0.29, 0.717) is 24.1 Å². The van der Waals surface area contributed by atoms with Crippen LogP contribution in [0.15, 0.2) is 66.0 Å². The number of amides is 1. The lowest BCUT2D eigenvalue weighted by Crippen LogP contribution is -2.38. The van der Waals surface area contributed by atoms with Crippen LogP contribution in [-0.2, 0) is 0 Å². The van der Waals surface area contributed by atoms with Crippen molar-refractivity contribution < 1.29 is 19.5 Å². The van der Waals surface area contributed by atoms with Crippen molar-refractivity contribution in [1.82, 2.24) is 10.6 Å². The van der Waals surface area contributed by atoms with Gasteiger partial charge in [-0.3, -0.25) is 14.4 Å². The molecule has 2 aromatic rings. The van der Waals surface area contributed by atoms with Crippen LogP contribution in [0.3, 0.4) is 0 Å². The summed E-state index contributed by atoms with van der Waals surface area (Å²) in [5.74, 6) is -1.25. The molecule has 0 bridgehead atoms. The number of carbonyl (C=O) groups is 3. The highest BCUT2D eigenvalue weighted by molar-refractivity contribution is 6.27. The maximum Gasteiger partial charge on any atom is 0.255 e. The Morgan fingerprint density at radius 3 is 2.04 bits per heavy atom. The Bertz CT molecular complexity index is 888. The number of nitrogens with one attached hydrogen (secondary N) is 2. The molecule has 0 radical (unpaired) electrons. The first-order chi connectivity index (χ1) is 12.6. The minimum Gasteiger partial charge on any atom is -0.396 e. The summed E-state index contributed by atoms with van der Waals surface area (Å²) in [6, 6.07) is 15.0. The summed E-state index contributed by atoms with van der Waals surface area (Å²) >= 11 is 0.